The molecule has 1 aliphatic carbocycles. The second-order valence-electron chi connectivity index (χ2n) is 6.95. The molecule has 0 saturated carbocycles. The molecule has 0 N–H and O–H groups in total. The van der Waals surface area contributed by atoms with Crippen LogP contribution in [0.4, 0.5) is 0 Å². The fraction of sp³-hybridized carbons (Fsp3) is 0.810. The van der Waals surface area contributed by atoms with Crippen LogP contribution < -0.4 is 0 Å². The van der Waals surface area contributed by atoms with E-state index in [1.165, 1.54) is 0 Å². The van der Waals surface area contributed by atoms with Crippen LogP contribution in [0.1, 0.15) is 84.5 Å². The van der Waals surface area contributed by atoms with Crippen LogP contribution in [0.15, 0.2) is 12.2 Å². The van der Waals surface area contributed by atoms with Gasteiger partial charge in [-0.15, -0.1) is 0 Å². The van der Waals surface area contributed by atoms with Crippen LogP contribution in [0, 0.1) is 11.8 Å². The molecule has 0 bridgehead atoms. The zero-order valence-electron chi connectivity index (χ0n) is 16.1. The molecule has 0 fully saturated rings. The van der Waals surface area contributed by atoms with Gasteiger partial charge in [-0.05, 0) is 32.1 Å². The molecule has 0 aromatic carbocycles. The summed E-state index contributed by atoms with van der Waals surface area (Å²) < 4.78 is 10.9. The SMILES string of the molecule is CCCCCCOC(=O)C1CC=CCCC1C(=O)OCCCCCC. The number of hydrogen-bond acceptors (Lipinski definition) is 4. The first-order valence-electron chi connectivity index (χ1n) is 10.2. The van der Waals surface area contributed by atoms with Gasteiger partial charge in [-0.2, -0.15) is 0 Å². The van der Waals surface area contributed by atoms with E-state index in [0.717, 1.165) is 57.8 Å². The van der Waals surface area contributed by atoms with E-state index < -0.39 is 5.92 Å². The van der Waals surface area contributed by atoms with Crippen molar-refractivity contribution in [3.8, 4) is 0 Å². The molecule has 0 aromatic heterocycles. The van der Waals surface area contributed by atoms with Crippen LogP contribution in [0.25, 0.3) is 0 Å². The van der Waals surface area contributed by atoms with Gasteiger partial charge in [-0.3, -0.25) is 9.59 Å². The minimum absolute atomic E-state index is 0.229. The molecule has 0 saturated heterocycles. The van der Waals surface area contributed by atoms with Gasteiger partial charge in [-0.1, -0.05) is 64.5 Å². The molecule has 1 rings (SSSR count). The van der Waals surface area contributed by atoms with Crippen LogP contribution >= 0.6 is 0 Å². The van der Waals surface area contributed by atoms with E-state index in [1.807, 2.05) is 6.08 Å². The average Bonchev–Trinajstić information content (AvgIpc) is 2.87. The van der Waals surface area contributed by atoms with Crippen LogP contribution in [0.3, 0.4) is 0 Å². The summed E-state index contributed by atoms with van der Waals surface area (Å²) in [6.07, 6.45) is 14.7. The molecule has 0 aromatic rings. The number of hydrogen-bond donors (Lipinski definition) is 0. The van der Waals surface area contributed by atoms with E-state index in [1.54, 1.807) is 0 Å². The summed E-state index contributed by atoms with van der Waals surface area (Å²) in [4.78, 5) is 24.9. The first kappa shape index (κ1) is 21.7. The van der Waals surface area contributed by atoms with Gasteiger partial charge in [0.2, 0.25) is 0 Å². The number of ether oxygens (including phenoxy) is 2. The minimum atomic E-state index is -0.395. The van der Waals surface area contributed by atoms with Gasteiger partial charge < -0.3 is 9.47 Å². The number of carbonyl (C=O) groups excluding carboxylic acids is 2. The van der Waals surface area contributed by atoms with Gasteiger partial charge >= 0.3 is 11.9 Å². The van der Waals surface area contributed by atoms with E-state index in [9.17, 15) is 9.59 Å². The molecule has 2 atom stereocenters. The van der Waals surface area contributed by atoms with Gasteiger partial charge in [0.25, 0.3) is 0 Å². The molecule has 4 nitrogen and oxygen atoms in total. The highest BCUT2D eigenvalue weighted by Gasteiger charge is 2.35. The fourth-order valence-electron chi connectivity index (χ4n) is 3.16. The molecule has 2 unspecified atom stereocenters. The Labute approximate surface area is 153 Å². The molecule has 0 amide bonds. The summed E-state index contributed by atoms with van der Waals surface area (Å²) in [7, 11) is 0. The Morgan fingerprint density at radius 3 is 1.92 bits per heavy atom. The van der Waals surface area contributed by atoms with Crippen molar-refractivity contribution in [3.63, 3.8) is 0 Å². The molecule has 144 valence electrons. The third-order valence-corrected chi connectivity index (χ3v) is 4.78. The minimum Gasteiger partial charge on any atom is -0.465 e. The lowest BCUT2D eigenvalue weighted by Crippen LogP contribution is -2.32. The van der Waals surface area contributed by atoms with Gasteiger partial charge in [0.1, 0.15) is 0 Å². The van der Waals surface area contributed by atoms with Crippen molar-refractivity contribution in [1.82, 2.24) is 0 Å². The van der Waals surface area contributed by atoms with Crippen molar-refractivity contribution < 1.29 is 19.1 Å². The molecule has 25 heavy (non-hydrogen) atoms. The molecule has 0 radical (unpaired) electrons. The van der Waals surface area contributed by atoms with Crippen molar-refractivity contribution >= 4 is 11.9 Å². The zero-order chi connectivity index (χ0) is 18.3. The Balaban J connectivity index is 2.44. The summed E-state index contributed by atoms with van der Waals surface area (Å²) in [6.45, 7) is 5.23. The van der Waals surface area contributed by atoms with Crippen LogP contribution in [-0.2, 0) is 19.1 Å². The number of unbranched alkanes of at least 4 members (excludes halogenated alkanes) is 6. The molecule has 0 spiro atoms. The van der Waals surface area contributed by atoms with Gasteiger partial charge in [0.05, 0.1) is 25.0 Å². The van der Waals surface area contributed by atoms with Crippen molar-refractivity contribution in [2.45, 2.75) is 84.5 Å². The standard InChI is InChI=1S/C21H36O4/c1-3-5-7-12-16-24-20(22)18-14-10-9-11-15-19(18)21(23)25-17-13-8-6-4-2/h9-10,18-19H,3-8,11-17H2,1-2H3. The van der Waals surface area contributed by atoms with Crippen LogP contribution in [0.5, 0.6) is 0 Å². The first-order valence-corrected chi connectivity index (χ1v) is 10.2. The van der Waals surface area contributed by atoms with E-state index in [-0.39, 0.29) is 17.9 Å². The molecular formula is C21H36O4. The quantitative estimate of drug-likeness (QED) is 0.275. The highest BCUT2D eigenvalue weighted by atomic mass is 16.5. The summed E-state index contributed by atoms with van der Waals surface area (Å²) in [5.41, 5.74) is 0. The summed E-state index contributed by atoms with van der Waals surface area (Å²) in [5, 5.41) is 0. The number of esters is 2. The van der Waals surface area contributed by atoms with Crippen LogP contribution in [0.2, 0.25) is 0 Å². The van der Waals surface area contributed by atoms with Crippen LogP contribution in [-0.4, -0.2) is 25.2 Å². The number of carbonyl (C=O) groups is 2. The molecule has 0 aliphatic heterocycles. The zero-order valence-corrected chi connectivity index (χ0v) is 16.1. The maximum Gasteiger partial charge on any atom is 0.310 e. The Hall–Kier alpha value is -1.32. The van der Waals surface area contributed by atoms with Crippen molar-refractivity contribution in [2.24, 2.45) is 11.8 Å². The number of rotatable bonds is 12. The van der Waals surface area contributed by atoms with E-state index in [4.69, 9.17) is 9.47 Å². The first-order chi connectivity index (χ1) is 12.2. The highest BCUT2D eigenvalue weighted by molar-refractivity contribution is 5.82. The second kappa shape index (κ2) is 13.9. The smallest absolute Gasteiger partial charge is 0.310 e. The summed E-state index contributed by atoms with van der Waals surface area (Å²) >= 11 is 0. The number of allylic oxidation sites excluding steroid dienone is 2. The average molecular weight is 353 g/mol. The molecular weight excluding hydrogens is 316 g/mol. The van der Waals surface area contributed by atoms with Crippen molar-refractivity contribution in [2.75, 3.05) is 13.2 Å². The monoisotopic (exact) mass is 352 g/mol. The highest BCUT2D eigenvalue weighted by Crippen LogP contribution is 2.28. The predicted octanol–water partition coefficient (Wildman–Crippen LogP) is 5.21. The van der Waals surface area contributed by atoms with Crippen molar-refractivity contribution in [3.05, 3.63) is 12.2 Å². The Bertz CT molecular complexity index is 403. The Kier molecular flexibility index (Phi) is 12.1. The lowest BCUT2D eigenvalue weighted by Gasteiger charge is -2.22. The lowest BCUT2D eigenvalue weighted by molar-refractivity contribution is -0.161. The summed E-state index contributed by atoms with van der Waals surface area (Å²) in [6, 6.07) is 0. The molecule has 4 heteroatoms. The topological polar surface area (TPSA) is 52.6 Å². The maximum absolute atomic E-state index is 12.5. The molecule has 1 aliphatic rings. The van der Waals surface area contributed by atoms with E-state index in [2.05, 4.69) is 19.9 Å². The Morgan fingerprint density at radius 1 is 0.800 bits per heavy atom. The third-order valence-electron chi connectivity index (χ3n) is 4.78. The van der Waals surface area contributed by atoms with E-state index >= 15 is 0 Å². The Morgan fingerprint density at radius 2 is 1.36 bits per heavy atom. The maximum atomic E-state index is 12.5. The fourth-order valence-corrected chi connectivity index (χ4v) is 3.16. The van der Waals surface area contributed by atoms with E-state index in [0.29, 0.717) is 26.1 Å². The summed E-state index contributed by atoms with van der Waals surface area (Å²) in [5.74, 6) is -1.23. The second-order valence-corrected chi connectivity index (χ2v) is 6.95. The third kappa shape index (κ3) is 9.08. The van der Waals surface area contributed by atoms with Gasteiger partial charge in [0.15, 0.2) is 0 Å². The normalized spacial score (nSPS) is 20.1. The van der Waals surface area contributed by atoms with Crippen molar-refractivity contribution in [1.29, 1.82) is 0 Å². The lowest BCUT2D eigenvalue weighted by atomic mass is 9.88. The largest absolute Gasteiger partial charge is 0.465 e. The predicted molar refractivity (Wildman–Crippen MR) is 100 cm³/mol. The van der Waals surface area contributed by atoms with Gasteiger partial charge in [-0.25, -0.2) is 0 Å². The molecule has 0 heterocycles. The van der Waals surface area contributed by atoms with Gasteiger partial charge in [0, 0.05) is 0 Å².